The van der Waals surface area contributed by atoms with E-state index in [1.165, 1.54) is 11.3 Å². The van der Waals surface area contributed by atoms with Crippen molar-refractivity contribution in [2.45, 2.75) is 6.61 Å². The highest BCUT2D eigenvalue weighted by Crippen LogP contribution is 2.27. The van der Waals surface area contributed by atoms with Gasteiger partial charge in [0.25, 0.3) is 5.91 Å². The Morgan fingerprint density at radius 1 is 0.947 bits per heavy atom. The zero-order valence-corrected chi connectivity index (χ0v) is 21.7. The van der Waals surface area contributed by atoms with Crippen LogP contribution in [0, 0.1) is 0 Å². The van der Waals surface area contributed by atoms with Gasteiger partial charge in [0.05, 0.1) is 11.9 Å². The number of aromatic nitrogens is 1. The highest BCUT2D eigenvalue weighted by atomic mass is 35.5. The standard InChI is InChI=1S/C30H23ClN4O2S/c31-25-6-4-5-22(17-25)19-37-27-15-9-21(10-16-27)18-32-35-29(36)24-13-11-23(12-14-24)28-20-38-30(34-28)33-26-7-2-1-3-8-26/h1-18,20H,19H2,(H,33,34)(H,35,36)/b32-18-. The number of carbonyl (C=O) groups is 1. The van der Waals surface area contributed by atoms with Gasteiger partial charge in [-0.25, -0.2) is 10.4 Å². The van der Waals surface area contributed by atoms with Gasteiger partial charge >= 0.3 is 0 Å². The molecule has 6 nitrogen and oxygen atoms in total. The lowest BCUT2D eigenvalue weighted by Crippen LogP contribution is -2.17. The first-order valence-corrected chi connectivity index (χ1v) is 13.1. The van der Waals surface area contributed by atoms with Crippen LogP contribution in [-0.4, -0.2) is 17.1 Å². The van der Waals surface area contributed by atoms with Crippen molar-refractivity contribution in [3.63, 3.8) is 0 Å². The summed E-state index contributed by atoms with van der Waals surface area (Å²) >= 11 is 7.54. The lowest BCUT2D eigenvalue weighted by Gasteiger charge is -2.07. The molecule has 0 aliphatic heterocycles. The van der Waals surface area contributed by atoms with Gasteiger partial charge in [-0.2, -0.15) is 5.10 Å². The first-order valence-electron chi connectivity index (χ1n) is 11.8. The molecular weight excluding hydrogens is 516 g/mol. The number of hydrazone groups is 1. The van der Waals surface area contributed by atoms with E-state index in [1.807, 2.05) is 96.4 Å². The van der Waals surface area contributed by atoms with Crippen LogP contribution in [0.1, 0.15) is 21.5 Å². The Hall–Kier alpha value is -4.46. The molecule has 2 N–H and O–H groups in total. The van der Waals surface area contributed by atoms with Crippen molar-refractivity contribution in [1.29, 1.82) is 0 Å². The highest BCUT2D eigenvalue weighted by Gasteiger charge is 2.08. The summed E-state index contributed by atoms with van der Waals surface area (Å²) in [7, 11) is 0. The number of ether oxygens (including phenoxy) is 1. The lowest BCUT2D eigenvalue weighted by molar-refractivity contribution is 0.0955. The van der Waals surface area contributed by atoms with Crippen LogP contribution in [0.2, 0.25) is 5.02 Å². The quantitative estimate of drug-likeness (QED) is 0.150. The molecule has 0 atom stereocenters. The summed E-state index contributed by atoms with van der Waals surface area (Å²) in [6.45, 7) is 0.428. The Morgan fingerprint density at radius 3 is 2.50 bits per heavy atom. The summed E-state index contributed by atoms with van der Waals surface area (Å²) in [4.78, 5) is 17.1. The number of anilines is 2. The third kappa shape index (κ3) is 6.85. The van der Waals surface area contributed by atoms with Crippen LogP contribution in [0.5, 0.6) is 5.75 Å². The molecule has 38 heavy (non-hydrogen) atoms. The van der Waals surface area contributed by atoms with Gasteiger partial charge in [0.1, 0.15) is 12.4 Å². The second kappa shape index (κ2) is 12.2. The van der Waals surface area contributed by atoms with Crippen molar-refractivity contribution in [2.75, 3.05) is 5.32 Å². The average Bonchev–Trinajstić information content (AvgIpc) is 3.42. The number of halogens is 1. The largest absolute Gasteiger partial charge is 0.489 e. The number of nitrogens with one attached hydrogen (secondary N) is 2. The van der Waals surface area contributed by atoms with Gasteiger partial charge < -0.3 is 10.1 Å². The Morgan fingerprint density at radius 2 is 1.74 bits per heavy atom. The highest BCUT2D eigenvalue weighted by molar-refractivity contribution is 7.14. The smallest absolute Gasteiger partial charge is 0.271 e. The van der Waals surface area contributed by atoms with Crippen molar-refractivity contribution in [1.82, 2.24) is 10.4 Å². The first-order chi connectivity index (χ1) is 18.6. The summed E-state index contributed by atoms with van der Waals surface area (Å²) in [5.74, 6) is 0.438. The SMILES string of the molecule is O=C(N/N=C\c1ccc(OCc2cccc(Cl)c2)cc1)c1ccc(-c2csc(Nc3ccccc3)n2)cc1. The molecule has 1 amide bonds. The summed E-state index contributed by atoms with van der Waals surface area (Å²) in [5.41, 5.74) is 7.67. The molecule has 0 radical (unpaired) electrons. The summed E-state index contributed by atoms with van der Waals surface area (Å²) in [6.07, 6.45) is 1.59. The van der Waals surface area contributed by atoms with E-state index in [4.69, 9.17) is 16.3 Å². The van der Waals surface area contributed by atoms with Gasteiger partial charge in [-0.15, -0.1) is 11.3 Å². The molecule has 0 saturated carbocycles. The molecule has 8 heteroatoms. The number of hydrogen-bond acceptors (Lipinski definition) is 6. The predicted octanol–water partition coefficient (Wildman–Crippen LogP) is 7.55. The number of hydrogen-bond donors (Lipinski definition) is 2. The molecule has 1 aromatic heterocycles. The number of rotatable bonds is 9. The van der Waals surface area contributed by atoms with Crippen LogP contribution >= 0.6 is 22.9 Å². The van der Waals surface area contributed by atoms with E-state index in [2.05, 4.69) is 20.8 Å². The fourth-order valence-corrected chi connectivity index (χ4v) is 4.53. The van der Waals surface area contributed by atoms with Crippen molar-refractivity contribution < 1.29 is 9.53 Å². The first kappa shape index (κ1) is 25.2. The van der Waals surface area contributed by atoms with Gasteiger partial charge in [-0.05, 0) is 71.8 Å². The Bertz CT molecular complexity index is 1540. The molecule has 0 saturated heterocycles. The maximum atomic E-state index is 12.5. The van der Waals surface area contributed by atoms with Crippen LogP contribution in [0.4, 0.5) is 10.8 Å². The number of nitrogens with zero attached hydrogens (tertiary/aromatic N) is 2. The van der Waals surface area contributed by atoms with Crippen LogP contribution in [0.3, 0.4) is 0 Å². The van der Waals surface area contributed by atoms with Gasteiger partial charge in [-0.3, -0.25) is 4.79 Å². The second-order valence-corrected chi connectivity index (χ2v) is 9.59. The molecule has 188 valence electrons. The minimum atomic E-state index is -0.293. The summed E-state index contributed by atoms with van der Waals surface area (Å²) in [6, 6.07) is 32.2. The second-order valence-electron chi connectivity index (χ2n) is 8.29. The molecule has 0 aliphatic rings. The third-order valence-electron chi connectivity index (χ3n) is 5.53. The monoisotopic (exact) mass is 538 g/mol. The molecule has 5 aromatic rings. The Balaban J connectivity index is 1.12. The van der Waals surface area contributed by atoms with E-state index in [0.29, 0.717) is 17.2 Å². The van der Waals surface area contributed by atoms with Gasteiger partial charge in [-0.1, -0.05) is 54.1 Å². The maximum Gasteiger partial charge on any atom is 0.271 e. The minimum absolute atomic E-state index is 0.293. The Labute approximate surface area is 229 Å². The zero-order chi connectivity index (χ0) is 26.2. The van der Waals surface area contributed by atoms with Crippen molar-refractivity contribution in [3.8, 4) is 17.0 Å². The van der Waals surface area contributed by atoms with Crippen LogP contribution in [0.15, 0.2) is 114 Å². The van der Waals surface area contributed by atoms with Crippen molar-refractivity contribution >= 4 is 45.9 Å². The average molecular weight is 539 g/mol. The Kier molecular flexibility index (Phi) is 8.08. The van der Waals surface area contributed by atoms with Crippen molar-refractivity contribution in [3.05, 3.63) is 130 Å². The van der Waals surface area contributed by atoms with Gasteiger partial charge in [0.2, 0.25) is 0 Å². The maximum absolute atomic E-state index is 12.5. The van der Waals surface area contributed by atoms with E-state index in [9.17, 15) is 4.79 Å². The third-order valence-corrected chi connectivity index (χ3v) is 6.52. The van der Waals surface area contributed by atoms with Crippen LogP contribution < -0.4 is 15.5 Å². The molecule has 0 aliphatic carbocycles. The number of para-hydroxylation sites is 1. The molecule has 4 aromatic carbocycles. The normalized spacial score (nSPS) is 10.9. The van der Waals surface area contributed by atoms with E-state index < -0.39 is 0 Å². The lowest BCUT2D eigenvalue weighted by atomic mass is 10.1. The van der Waals surface area contributed by atoms with Crippen LogP contribution in [0.25, 0.3) is 11.3 Å². The molecule has 5 rings (SSSR count). The predicted molar refractivity (Wildman–Crippen MR) is 155 cm³/mol. The minimum Gasteiger partial charge on any atom is -0.489 e. The molecular formula is C30H23ClN4O2S. The number of amides is 1. The molecule has 1 heterocycles. The van der Waals surface area contributed by atoms with E-state index in [1.54, 1.807) is 18.3 Å². The fourth-order valence-electron chi connectivity index (χ4n) is 3.57. The van der Waals surface area contributed by atoms with Crippen molar-refractivity contribution in [2.24, 2.45) is 5.10 Å². The molecule has 0 spiro atoms. The van der Waals surface area contributed by atoms with Crippen LogP contribution in [-0.2, 0) is 6.61 Å². The molecule has 0 fully saturated rings. The van der Waals surface area contributed by atoms with E-state index >= 15 is 0 Å². The summed E-state index contributed by atoms with van der Waals surface area (Å²) < 4.78 is 5.79. The van der Waals surface area contributed by atoms with E-state index in [-0.39, 0.29) is 5.91 Å². The van der Waals surface area contributed by atoms with Gasteiger partial charge in [0, 0.05) is 27.2 Å². The van der Waals surface area contributed by atoms with E-state index in [0.717, 1.165) is 39.0 Å². The topological polar surface area (TPSA) is 75.6 Å². The number of carbonyl (C=O) groups excluding carboxylic acids is 1. The summed E-state index contributed by atoms with van der Waals surface area (Å²) in [5, 5.41) is 10.8. The number of thiazole rings is 1. The van der Waals surface area contributed by atoms with Gasteiger partial charge in [0.15, 0.2) is 5.13 Å². The zero-order valence-electron chi connectivity index (χ0n) is 20.2. The number of benzene rings is 4. The molecule has 0 bridgehead atoms. The molecule has 0 unspecified atom stereocenters. The fraction of sp³-hybridized carbons (Fsp3) is 0.0333.